The van der Waals surface area contributed by atoms with Gasteiger partial charge in [-0.15, -0.1) is 0 Å². The number of carboxylic acids is 1. The Kier molecular flexibility index (Phi) is 4.79. The molecule has 0 atom stereocenters. The van der Waals surface area contributed by atoms with Crippen LogP contribution in [0, 0.1) is 5.92 Å². The van der Waals surface area contributed by atoms with Crippen LogP contribution in [-0.4, -0.2) is 47.1 Å². The molecule has 0 aromatic carbocycles. The number of nitrogens with zero attached hydrogens (tertiary/aromatic N) is 2. The molecule has 6 nitrogen and oxygen atoms in total. The summed E-state index contributed by atoms with van der Waals surface area (Å²) in [6.45, 7) is 6.47. The molecule has 0 saturated carbocycles. The van der Waals surface area contributed by atoms with Crippen molar-refractivity contribution < 1.29 is 14.3 Å². The Hall–Kier alpha value is -1.56. The van der Waals surface area contributed by atoms with Gasteiger partial charge in [-0.25, -0.2) is 4.79 Å². The topological polar surface area (TPSA) is 78.6 Å². The van der Waals surface area contributed by atoms with Gasteiger partial charge in [-0.05, 0) is 44.8 Å². The minimum Gasteiger partial charge on any atom is -0.476 e. The minimum atomic E-state index is -1.07. The third-order valence-electron chi connectivity index (χ3n) is 3.51. The van der Waals surface area contributed by atoms with Gasteiger partial charge in [0.05, 0.1) is 0 Å². The molecule has 1 aromatic rings. The summed E-state index contributed by atoms with van der Waals surface area (Å²) >= 11 is 0. The molecule has 1 fully saturated rings. The fourth-order valence-corrected chi connectivity index (χ4v) is 2.42. The van der Waals surface area contributed by atoms with E-state index in [1.807, 2.05) is 0 Å². The van der Waals surface area contributed by atoms with Gasteiger partial charge in [0, 0.05) is 6.54 Å². The number of hydrogen-bond acceptors (Lipinski definition) is 5. The van der Waals surface area contributed by atoms with Crippen molar-refractivity contribution in [3.63, 3.8) is 0 Å². The minimum absolute atomic E-state index is 0.0553. The van der Waals surface area contributed by atoms with Crippen molar-refractivity contribution in [3.8, 4) is 0 Å². The van der Waals surface area contributed by atoms with Gasteiger partial charge in [0.1, 0.15) is 6.26 Å². The van der Waals surface area contributed by atoms with Crippen molar-refractivity contribution in [1.82, 2.24) is 9.88 Å². The van der Waals surface area contributed by atoms with Crippen LogP contribution in [0.5, 0.6) is 0 Å². The standard InChI is InChI=1S/C13H21N3O3/c1-2-5-16-6-3-10(4-7-16)8-14-13-15-11(9-19-13)12(17)18/h9-10H,2-8H2,1H3,(H,14,15)(H,17,18). The molecule has 19 heavy (non-hydrogen) atoms. The molecule has 2 rings (SSSR count). The summed E-state index contributed by atoms with van der Waals surface area (Å²) in [5, 5.41) is 11.8. The molecule has 0 aliphatic carbocycles. The van der Waals surface area contributed by atoms with E-state index in [4.69, 9.17) is 9.52 Å². The van der Waals surface area contributed by atoms with Gasteiger partial charge in [-0.1, -0.05) is 6.92 Å². The highest BCUT2D eigenvalue weighted by molar-refractivity contribution is 5.85. The van der Waals surface area contributed by atoms with Crippen molar-refractivity contribution in [2.75, 3.05) is 31.5 Å². The van der Waals surface area contributed by atoms with E-state index >= 15 is 0 Å². The Balaban J connectivity index is 1.72. The van der Waals surface area contributed by atoms with E-state index in [-0.39, 0.29) is 5.69 Å². The maximum Gasteiger partial charge on any atom is 0.357 e. The molecule has 1 aromatic heterocycles. The highest BCUT2D eigenvalue weighted by atomic mass is 16.4. The van der Waals surface area contributed by atoms with Crippen LogP contribution in [0.25, 0.3) is 0 Å². The fraction of sp³-hybridized carbons (Fsp3) is 0.692. The molecular weight excluding hydrogens is 246 g/mol. The monoisotopic (exact) mass is 267 g/mol. The number of likely N-dealkylation sites (tertiary alicyclic amines) is 1. The van der Waals surface area contributed by atoms with Crippen molar-refractivity contribution in [2.24, 2.45) is 5.92 Å². The molecule has 0 spiro atoms. The Labute approximate surface area is 112 Å². The molecule has 0 bridgehead atoms. The number of carboxylic acid groups (broad SMARTS) is 1. The first-order valence-corrected chi connectivity index (χ1v) is 6.84. The summed E-state index contributed by atoms with van der Waals surface area (Å²) in [6.07, 6.45) is 4.70. The second-order valence-corrected chi connectivity index (χ2v) is 5.01. The van der Waals surface area contributed by atoms with E-state index in [0.717, 1.165) is 25.9 Å². The van der Waals surface area contributed by atoms with E-state index in [1.54, 1.807) is 0 Å². The lowest BCUT2D eigenvalue weighted by Gasteiger charge is -2.31. The normalized spacial score (nSPS) is 17.5. The second-order valence-electron chi connectivity index (χ2n) is 5.01. The SMILES string of the molecule is CCCN1CCC(CNc2nc(C(=O)O)co2)CC1. The van der Waals surface area contributed by atoms with E-state index in [9.17, 15) is 4.79 Å². The zero-order valence-electron chi connectivity index (χ0n) is 11.3. The van der Waals surface area contributed by atoms with E-state index in [0.29, 0.717) is 11.9 Å². The molecule has 106 valence electrons. The van der Waals surface area contributed by atoms with E-state index in [1.165, 1.54) is 25.8 Å². The van der Waals surface area contributed by atoms with Crippen LogP contribution in [0.1, 0.15) is 36.7 Å². The lowest BCUT2D eigenvalue weighted by Crippen LogP contribution is -2.36. The Bertz CT molecular complexity index is 411. The zero-order chi connectivity index (χ0) is 13.7. The largest absolute Gasteiger partial charge is 0.476 e. The summed E-state index contributed by atoms with van der Waals surface area (Å²) in [5.74, 6) is -0.460. The maximum absolute atomic E-state index is 10.7. The van der Waals surface area contributed by atoms with Gasteiger partial charge in [-0.2, -0.15) is 4.98 Å². The third kappa shape index (κ3) is 3.96. The van der Waals surface area contributed by atoms with Crippen molar-refractivity contribution in [2.45, 2.75) is 26.2 Å². The number of aromatic carboxylic acids is 1. The first kappa shape index (κ1) is 13.9. The lowest BCUT2D eigenvalue weighted by atomic mass is 9.97. The molecule has 2 N–H and O–H groups in total. The van der Waals surface area contributed by atoms with Gasteiger partial charge in [-0.3, -0.25) is 0 Å². The van der Waals surface area contributed by atoms with Crippen LogP contribution < -0.4 is 5.32 Å². The number of aromatic nitrogens is 1. The van der Waals surface area contributed by atoms with Crippen LogP contribution >= 0.6 is 0 Å². The predicted molar refractivity (Wildman–Crippen MR) is 71.4 cm³/mol. The first-order chi connectivity index (χ1) is 9.19. The Morgan fingerprint density at radius 1 is 1.58 bits per heavy atom. The van der Waals surface area contributed by atoms with Gasteiger partial charge >= 0.3 is 5.97 Å². The average molecular weight is 267 g/mol. The summed E-state index contributed by atoms with van der Waals surface area (Å²) in [6, 6.07) is 0.299. The molecule has 1 aliphatic rings. The molecule has 1 saturated heterocycles. The Morgan fingerprint density at radius 2 is 2.32 bits per heavy atom. The zero-order valence-corrected chi connectivity index (χ0v) is 11.3. The molecule has 2 heterocycles. The summed E-state index contributed by atoms with van der Waals surface area (Å²) in [7, 11) is 0. The fourth-order valence-electron chi connectivity index (χ4n) is 2.42. The number of oxazole rings is 1. The molecule has 6 heteroatoms. The molecule has 0 amide bonds. The van der Waals surface area contributed by atoms with Crippen LogP contribution in [0.4, 0.5) is 6.01 Å². The van der Waals surface area contributed by atoms with E-state index in [2.05, 4.69) is 22.1 Å². The van der Waals surface area contributed by atoms with Gasteiger partial charge in [0.2, 0.25) is 0 Å². The summed E-state index contributed by atoms with van der Waals surface area (Å²) in [5.41, 5.74) is -0.0553. The number of hydrogen-bond donors (Lipinski definition) is 2. The molecule has 0 unspecified atom stereocenters. The number of anilines is 1. The average Bonchev–Trinajstić information content (AvgIpc) is 2.87. The second kappa shape index (κ2) is 6.56. The lowest BCUT2D eigenvalue weighted by molar-refractivity contribution is 0.0690. The first-order valence-electron chi connectivity index (χ1n) is 6.84. The highest BCUT2D eigenvalue weighted by Gasteiger charge is 2.19. The number of nitrogens with one attached hydrogen (secondary N) is 1. The highest BCUT2D eigenvalue weighted by Crippen LogP contribution is 2.18. The van der Waals surface area contributed by atoms with Gasteiger partial charge in [0.15, 0.2) is 5.69 Å². The van der Waals surface area contributed by atoms with Crippen LogP contribution in [-0.2, 0) is 0 Å². The number of piperidine rings is 1. The van der Waals surface area contributed by atoms with E-state index < -0.39 is 5.97 Å². The predicted octanol–water partition coefficient (Wildman–Crippen LogP) is 1.91. The van der Waals surface area contributed by atoms with Crippen molar-refractivity contribution in [3.05, 3.63) is 12.0 Å². The van der Waals surface area contributed by atoms with Crippen molar-refractivity contribution >= 4 is 12.0 Å². The quantitative estimate of drug-likeness (QED) is 0.819. The van der Waals surface area contributed by atoms with Gasteiger partial charge in [0.25, 0.3) is 6.01 Å². The van der Waals surface area contributed by atoms with Crippen LogP contribution in [0.15, 0.2) is 10.7 Å². The number of carbonyl (C=O) groups is 1. The van der Waals surface area contributed by atoms with Crippen molar-refractivity contribution in [1.29, 1.82) is 0 Å². The smallest absolute Gasteiger partial charge is 0.357 e. The Morgan fingerprint density at radius 3 is 2.89 bits per heavy atom. The number of rotatable bonds is 6. The van der Waals surface area contributed by atoms with Gasteiger partial charge < -0.3 is 19.7 Å². The summed E-state index contributed by atoms with van der Waals surface area (Å²) in [4.78, 5) is 17.0. The molecular formula is C13H21N3O3. The van der Waals surface area contributed by atoms with Crippen LogP contribution in [0.2, 0.25) is 0 Å². The van der Waals surface area contributed by atoms with Crippen LogP contribution in [0.3, 0.4) is 0 Å². The molecule has 0 radical (unpaired) electrons. The third-order valence-corrected chi connectivity index (χ3v) is 3.51. The summed E-state index contributed by atoms with van der Waals surface area (Å²) < 4.78 is 5.06. The molecule has 1 aliphatic heterocycles. The maximum atomic E-state index is 10.7.